The topological polar surface area (TPSA) is 66.0 Å². The fraction of sp³-hybridized carbons (Fsp3) is 0.462. The van der Waals surface area contributed by atoms with Crippen molar-refractivity contribution in [3.8, 4) is 5.75 Å². The summed E-state index contributed by atoms with van der Waals surface area (Å²) >= 11 is 0. The van der Waals surface area contributed by atoms with Crippen molar-refractivity contribution in [3.63, 3.8) is 0 Å². The normalized spacial score (nSPS) is 12.2. The van der Waals surface area contributed by atoms with Gasteiger partial charge in [0.05, 0.1) is 13.7 Å². The number of methoxy groups -OCH3 is 1. The third kappa shape index (κ3) is 7.59. The Labute approximate surface area is 193 Å². The van der Waals surface area contributed by atoms with Gasteiger partial charge in [0, 0.05) is 31.7 Å². The Balaban J connectivity index is 1.89. The minimum atomic E-state index is 0.0750. The second-order valence-corrected chi connectivity index (χ2v) is 7.76. The molecule has 0 aromatic heterocycles. The Hall–Kier alpha value is -3.02. The van der Waals surface area contributed by atoms with Crippen LogP contribution in [0, 0.1) is 0 Å². The average Bonchev–Trinajstić information content (AvgIpc) is 2.83. The van der Waals surface area contributed by atoms with Crippen LogP contribution in [0.5, 0.6) is 5.75 Å². The van der Waals surface area contributed by atoms with Crippen molar-refractivity contribution in [1.82, 2.24) is 15.5 Å². The highest BCUT2D eigenvalue weighted by Crippen LogP contribution is 2.21. The number of benzene rings is 2. The monoisotopic (exact) mass is 438 g/mol. The van der Waals surface area contributed by atoms with E-state index in [-0.39, 0.29) is 5.91 Å². The van der Waals surface area contributed by atoms with Crippen LogP contribution in [-0.4, -0.2) is 50.1 Å². The van der Waals surface area contributed by atoms with E-state index < -0.39 is 0 Å². The largest absolute Gasteiger partial charge is 0.497 e. The molecule has 0 fully saturated rings. The number of carbonyl (C=O) groups is 1. The molecule has 0 saturated heterocycles. The summed E-state index contributed by atoms with van der Waals surface area (Å²) in [7, 11) is 1.68. The number of hydrogen-bond donors (Lipinski definition) is 2. The van der Waals surface area contributed by atoms with Gasteiger partial charge in [-0.25, -0.2) is 4.99 Å². The molecular weight excluding hydrogens is 400 g/mol. The Morgan fingerprint density at radius 1 is 1.00 bits per heavy atom. The molecule has 0 saturated carbocycles. The van der Waals surface area contributed by atoms with Crippen LogP contribution in [0.2, 0.25) is 0 Å². The smallest absolute Gasteiger partial charge is 0.253 e. The van der Waals surface area contributed by atoms with Gasteiger partial charge in [-0.15, -0.1) is 0 Å². The Morgan fingerprint density at radius 3 is 2.22 bits per heavy atom. The molecule has 6 nitrogen and oxygen atoms in total. The molecule has 174 valence electrons. The lowest BCUT2D eigenvalue weighted by Gasteiger charge is -2.18. The Morgan fingerprint density at radius 2 is 1.66 bits per heavy atom. The number of rotatable bonds is 11. The SMILES string of the molecule is CCNC(=NCc1ccc(C(=O)N(CC)CC)cc1)NCCC(C)c1ccc(OC)cc1. The summed E-state index contributed by atoms with van der Waals surface area (Å²) in [6.45, 7) is 11.9. The zero-order chi connectivity index (χ0) is 23.3. The number of aliphatic imine (C=N–C) groups is 1. The summed E-state index contributed by atoms with van der Waals surface area (Å²) in [5.74, 6) is 2.20. The molecule has 0 bridgehead atoms. The van der Waals surface area contributed by atoms with E-state index in [4.69, 9.17) is 9.73 Å². The van der Waals surface area contributed by atoms with Gasteiger partial charge in [-0.05, 0) is 68.5 Å². The highest BCUT2D eigenvalue weighted by atomic mass is 16.5. The molecule has 2 rings (SSSR count). The second kappa shape index (κ2) is 13.4. The molecule has 2 aromatic rings. The molecule has 0 spiro atoms. The third-order valence-electron chi connectivity index (χ3n) is 5.57. The van der Waals surface area contributed by atoms with E-state index in [1.54, 1.807) is 7.11 Å². The van der Waals surface area contributed by atoms with Gasteiger partial charge < -0.3 is 20.3 Å². The van der Waals surface area contributed by atoms with E-state index >= 15 is 0 Å². The number of ether oxygens (including phenoxy) is 1. The lowest BCUT2D eigenvalue weighted by molar-refractivity contribution is 0.0773. The first-order valence-electron chi connectivity index (χ1n) is 11.6. The molecule has 1 amide bonds. The standard InChI is InChI=1S/C26H38N4O2/c1-6-27-26(28-18-17-20(4)22-13-15-24(32-5)16-14-22)29-19-21-9-11-23(12-10-21)25(31)30(7-2)8-3/h9-16,20H,6-8,17-19H2,1-5H3,(H2,27,28,29). The van der Waals surface area contributed by atoms with Crippen molar-refractivity contribution < 1.29 is 9.53 Å². The van der Waals surface area contributed by atoms with Gasteiger partial charge >= 0.3 is 0 Å². The molecule has 0 aliphatic carbocycles. The van der Waals surface area contributed by atoms with Gasteiger partial charge in [-0.2, -0.15) is 0 Å². The van der Waals surface area contributed by atoms with Crippen molar-refractivity contribution in [1.29, 1.82) is 0 Å². The lowest BCUT2D eigenvalue weighted by Crippen LogP contribution is -2.38. The van der Waals surface area contributed by atoms with Crippen molar-refractivity contribution in [2.75, 3.05) is 33.3 Å². The van der Waals surface area contributed by atoms with Gasteiger partial charge in [-0.1, -0.05) is 31.2 Å². The molecule has 0 heterocycles. The maximum Gasteiger partial charge on any atom is 0.253 e. The van der Waals surface area contributed by atoms with Crippen LogP contribution in [0.1, 0.15) is 61.5 Å². The quantitative estimate of drug-likeness (QED) is 0.402. The number of amides is 1. The molecule has 1 atom stereocenters. The summed E-state index contributed by atoms with van der Waals surface area (Å²) in [4.78, 5) is 19.0. The summed E-state index contributed by atoms with van der Waals surface area (Å²) in [5.41, 5.74) is 3.10. The van der Waals surface area contributed by atoms with Crippen LogP contribution >= 0.6 is 0 Å². The summed E-state index contributed by atoms with van der Waals surface area (Å²) < 4.78 is 5.24. The highest BCUT2D eigenvalue weighted by molar-refractivity contribution is 5.94. The van der Waals surface area contributed by atoms with E-state index in [1.165, 1.54) is 5.56 Å². The predicted octanol–water partition coefficient (Wildman–Crippen LogP) is 4.43. The fourth-order valence-electron chi connectivity index (χ4n) is 3.46. The number of guanidine groups is 1. The van der Waals surface area contributed by atoms with Gasteiger partial charge in [-0.3, -0.25) is 4.79 Å². The van der Waals surface area contributed by atoms with Gasteiger partial charge in [0.1, 0.15) is 5.75 Å². The summed E-state index contributed by atoms with van der Waals surface area (Å²) in [6, 6.07) is 16.0. The number of carbonyl (C=O) groups excluding carboxylic acids is 1. The zero-order valence-electron chi connectivity index (χ0n) is 20.1. The van der Waals surface area contributed by atoms with Crippen LogP contribution in [0.3, 0.4) is 0 Å². The summed E-state index contributed by atoms with van der Waals surface area (Å²) in [6.07, 6.45) is 0.999. The summed E-state index contributed by atoms with van der Waals surface area (Å²) in [5, 5.41) is 6.73. The fourth-order valence-corrected chi connectivity index (χ4v) is 3.46. The van der Waals surface area contributed by atoms with Crippen molar-refractivity contribution in [3.05, 3.63) is 65.2 Å². The first-order valence-corrected chi connectivity index (χ1v) is 11.6. The first-order chi connectivity index (χ1) is 15.5. The Bertz CT molecular complexity index is 843. The zero-order valence-corrected chi connectivity index (χ0v) is 20.1. The van der Waals surface area contributed by atoms with E-state index in [0.717, 1.165) is 55.4 Å². The molecule has 32 heavy (non-hydrogen) atoms. The average molecular weight is 439 g/mol. The van der Waals surface area contributed by atoms with Crippen molar-refractivity contribution in [2.45, 2.75) is 46.6 Å². The maximum absolute atomic E-state index is 12.4. The van der Waals surface area contributed by atoms with Crippen LogP contribution in [0.15, 0.2) is 53.5 Å². The molecule has 2 N–H and O–H groups in total. The molecule has 6 heteroatoms. The van der Waals surface area contributed by atoms with Gasteiger partial charge in [0.2, 0.25) is 0 Å². The van der Waals surface area contributed by atoms with Crippen LogP contribution in [0.4, 0.5) is 0 Å². The first kappa shape index (κ1) is 25.2. The van der Waals surface area contributed by atoms with Crippen molar-refractivity contribution >= 4 is 11.9 Å². The van der Waals surface area contributed by atoms with Gasteiger partial charge in [0.15, 0.2) is 5.96 Å². The lowest BCUT2D eigenvalue weighted by atomic mass is 9.98. The second-order valence-electron chi connectivity index (χ2n) is 7.76. The minimum absolute atomic E-state index is 0.0750. The van der Waals surface area contributed by atoms with Gasteiger partial charge in [0.25, 0.3) is 5.91 Å². The Kier molecular flexibility index (Phi) is 10.6. The highest BCUT2D eigenvalue weighted by Gasteiger charge is 2.12. The minimum Gasteiger partial charge on any atom is -0.497 e. The third-order valence-corrected chi connectivity index (χ3v) is 5.57. The van der Waals surface area contributed by atoms with Crippen molar-refractivity contribution in [2.24, 2.45) is 4.99 Å². The molecule has 2 aromatic carbocycles. The molecule has 1 unspecified atom stereocenters. The molecule has 0 aliphatic rings. The molecular formula is C26H38N4O2. The molecule has 0 aliphatic heterocycles. The number of nitrogens with one attached hydrogen (secondary N) is 2. The van der Waals surface area contributed by atoms with E-state index in [0.29, 0.717) is 12.5 Å². The van der Waals surface area contributed by atoms with E-state index in [2.05, 4.69) is 36.6 Å². The van der Waals surface area contributed by atoms with E-state index in [1.807, 2.05) is 55.1 Å². The van der Waals surface area contributed by atoms with Crippen LogP contribution in [-0.2, 0) is 6.54 Å². The predicted molar refractivity (Wildman–Crippen MR) is 133 cm³/mol. The number of nitrogens with zero attached hydrogens (tertiary/aromatic N) is 2. The number of hydrogen-bond acceptors (Lipinski definition) is 3. The molecule has 0 radical (unpaired) electrons. The van der Waals surface area contributed by atoms with Crippen LogP contribution < -0.4 is 15.4 Å². The van der Waals surface area contributed by atoms with E-state index in [9.17, 15) is 4.79 Å². The van der Waals surface area contributed by atoms with Crippen LogP contribution in [0.25, 0.3) is 0 Å². The maximum atomic E-state index is 12.4.